The first kappa shape index (κ1) is 13.7. The molecule has 0 amide bonds. The molecule has 0 saturated carbocycles. The summed E-state index contributed by atoms with van der Waals surface area (Å²) in [5.41, 5.74) is 3.19. The van der Waals surface area contributed by atoms with Crippen molar-refractivity contribution in [2.24, 2.45) is 0 Å². The third kappa shape index (κ3) is 2.48. The monoisotopic (exact) mass is 304 g/mol. The van der Waals surface area contributed by atoms with Gasteiger partial charge >= 0.3 is 0 Å². The summed E-state index contributed by atoms with van der Waals surface area (Å²) < 4.78 is 0. The minimum absolute atomic E-state index is 0.237. The van der Waals surface area contributed by atoms with Crippen LogP contribution in [0.2, 0.25) is 0 Å². The molecule has 0 bridgehead atoms. The number of hydrogen-bond donors (Lipinski definition) is 0. The van der Waals surface area contributed by atoms with E-state index in [0.717, 1.165) is 24.0 Å². The Morgan fingerprint density at radius 2 is 1.90 bits per heavy atom. The minimum atomic E-state index is 0.237. The van der Waals surface area contributed by atoms with Gasteiger partial charge in [0.2, 0.25) is 0 Å². The molecule has 0 fully saturated rings. The van der Waals surface area contributed by atoms with E-state index in [9.17, 15) is 4.79 Å². The summed E-state index contributed by atoms with van der Waals surface area (Å²) >= 11 is 12.3. The summed E-state index contributed by atoms with van der Waals surface area (Å²) in [5.74, 6) is 0.492. The maximum atomic E-state index is 12.0. The zero-order chi connectivity index (χ0) is 14.1. The van der Waals surface area contributed by atoms with Crippen molar-refractivity contribution in [1.29, 1.82) is 0 Å². The van der Waals surface area contributed by atoms with Gasteiger partial charge in [-0.15, -0.1) is 0 Å². The van der Waals surface area contributed by atoms with Gasteiger partial charge in [0.05, 0.1) is 10.1 Å². The van der Waals surface area contributed by atoms with Crippen LogP contribution in [0.1, 0.15) is 41.1 Å². The number of benzene rings is 1. The highest BCUT2D eigenvalue weighted by molar-refractivity contribution is 6.41. The molecule has 3 heteroatoms. The summed E-state index contributed by atoms with van der Waals surface area (Å²) in [4.78, 5) is 12.0. The van der Waals surface area contributed by atoms with Crippen LogP contribution in [0.5, 0.6) is 0 Å². The predicted molar refractivity (Wildman–Crippen MR) is 83.3 cm³/mol. The van der Waals surface area contributed by atoms with Gasteiger partial charge in [-0.25, -0.2) is 0 Å². The fraction of sp³-hybridized carbons (Fsp3) is 0.235. The molecule has 0 heterocycles. The van der Waals surface area contributed by atoms with Crippen LogP contribution in [0.4, 0.5) is 0 Å². The lowest BCUT2D eigenvalue weighted by molar-refractivity contribution is 0.0969. The Kier molecular flexibility index (Phi) is 3.82. The summed E-state index contributed by atoms with van der Waals surface area (Å²) in [6, 6.07) is 7.87. The number of fused-ring (bicyclic) bond motifs is 1. The van der Waals surface area contributed by atoms with Gasteiger partial charge in [0, 0.05) is 17.9 Å². The van der Waals surface area contributed by atoms with Crippen molar-refractivity contribution in [2.75, 3.05) is 0 Å². The molecule has 0 radical (unpaired) electrons. The quantitative estimate of drug-likeness (QED) is 0.686. The van der Waals surface area contributed by atoms with Crippen LogP contribution in [0.3, 0.4) is 0 Å². The summed E-state index contributed by atoms with van der Waals surface area (Å²) in [7, 11) is 0. The highest BCUT2D eigenvalue weighted by atomic mass is 35.5. The van der Waals surface area contributed by atoms with Gasteiger partial charge in [-0.1, -0.05) is 59.1 Å². The van der Waals surface area contributed by atoms with Gasteiger partial charge in [0.1, 0.15) is 0 Å². The second-order valence-electron chi connectivity index (χ2n) is 5.12. The zero-order valence-electron chi connectivity index (χ0n) is 10.9. The van der Waals surface area contributed by atoms with Crippen LogP contribution in [0.15, 0.2) is 58.1 Å². The molecule has 1 aromatic rings. The summed E-state index contributed by atoms with van der Waals surface area (Å²) in [6.07, 6.45) is 8.09. The lowest BCUT2D eigenvalue weighted by Crippen LogP contribution is -2.17. The molecule has 102 valence electrons. The van der Waals surface area contributed by atoms with E-state index in [1.165, 1.54) is 5.57 Å². The largest absolute Gasteiger partial charge is 0.294 e. The van der Waals surface area contributed by atoms with Crippen molar-refractivity contribution in [3.05, 3.63) is 69.3 Å². The molecule has 1 unspecified atom stereocenters. The van der Waals surface area contributed by atoms with E-state index in [-0.39, 0.29) is 11.7 Å². The Labute approximate surface area is 128 Å². The number of ketones is 1. The Balaban J connectivity index is 2.04. The maximum absolute atomic E-state index is 12.0. The number of hydrogen-bond acceptors (Lipinski definition) is 1. The van der Waals surface area contributed by atoms with Crippen molar-refractivity contribution < 1.29 is 4.79 Å². The molecule has 0 aromatic heterocycles. The number of halogens is 2. The normalized spacial score (nSPS) is 22.4. The number of Topliss-reactive ketones (excluding diaryl/α,β-unsaturated/α-hetero) is 1. The molecule has 0 saturated heterocycles. The first-order chi connectivity index (χ1) is 9.66. The topological polar surface area (TPSA) is 17.1 Å². The Hall–Kier alpha value is -1.31. The van der Waals surface area contributed by atoms with Crippen LogP contribution in [0.25, 0.3) is 0 Å². The third-order valence-electron chi connectivity index (χ3n) is 3.90. The van der Waals surface area contributed by atoms with Crippen LogP contribution in [0, 0.1) is 0 Å². The SMILES string of the molecule is O=C1CCC(C2=CC(Cl)=C(Cl)C=CC2)c2ccccc21. The molecular weight excluding hydrogens is 291 g/mol. The summed E-state index contributed by atoms with van der Waals surface area (Å²) in [6.45, 7) is 0. The molecule has 0 spiro atoms. The second-order valence-corrected chi connectivity index (χ2v) is 5.94. The van der Waals surface area contributed by atoms with E-state index >= 15 is 0 Å². The van der Waals surface area contributed by atoms with Gasteiger partial charge in [-0.05, 0) is 30.6 Å². The molecule has 1 aromatic carbocycles. The first-order valence-corrected chi connectivity index (χ1v) is 7.47. The van der Waals surface area contributed by atoms with Crippen molar-refractivity contribution in [2.45, 2.75) is 25.2 Å². The van der Waals surface area contributed by atoms with E-state index in [2.05, 4.69) is 0 Å². The Bertz CT molecular complexity index is 653. The molecule has 1 atom stereocenters. The molecule has 3 rings (SSSR count). The van der Waals surface area contributed by atoms with Crippen molar-refractivity contribution in [3.8, 4) is 0 Å². The van der Waals surface area contributed by atoms with Crippen molar-refractivity contribution in [1.82, 2.24) is 0 Å². The highest BCUT2D eigenvalue weighted by Crippen LogP contribution is 2.40. The first-order valence-electron chi connectivity index (χ1n) is 6.71. The van der Waals surface area contributed by atoms with E-state index in [1.54, 1.807) is 0 Å². The molecule has 2 aliphatic rings. The standard InChI is InChI=1S/C17H14Cl2O/c18-15-7-3-4-11(10-16(15)19)12-8-9-17(20)14-6-2-1-5-13(12)14/h1-3,5-7,10,12H,4,8-9H2. The third-order valence-corrected chi connectivity index (χ3v) is 4.64. The fourth-order valence-electron chi connectivity index (χ4n) is 2.92. The van der Waals surface area contributed by atoms with Gasteiger partial charge in [0.25, 0.3) is 0 Å². The summed E-state index contributed by atoms with van der Waals surface area (Å²) in [5, 5.41) is 1.15. The number of allylic oxidation sites excluding steroid dienone is 6. The van der Waals surface area contributed by atoms with E-state index in [1.807, 2.05) is 42.5 Å². The Morgan fingerprint density at radius 1 is 1.10 bits per heavy atom. The molecule has 0 N–H and O–H groups in total. The average molecular weight is 305 g/mol. The predicted octanol–water partition coefficient (Wildman–Crippen LogP) is 5.32. The van der Waals surface area contributed by atoms with Crippen LogP contribution >= 0.6 is 23.2 Å². The average Bonchev–Trinajstić information content (AvgIpc) is 2.62. The lowest BCUT2D eigenvalue weighted by Gasteiger charge is -2.26. The highest BCUT2D eigenvalue weighted by Gasteiger charge is 2.27. The smallest absolute Gasteiger partial charge is 0.163 e. The van der Waals surface area contributed by atoms with E-state index in [4.69, 9.17) is 23.2 Å². The maximum Gasteiger partial charge on any atom is 0.163 e. The van der Waals surface area contributed by atoms with Crippen molar-refractivity contribution in [3.63, 3.8) is 0 Å². The van der Waals surface area contributed by atoms with Crippen LogP contribution < -0.4 is 0 Å². The van der Waals surface area contributed by atoms with Crippen LogP contribution in [-0.4, -0.2) is 5.78 Å². The lowest BCUT2D eigenvalue weighted by atomic mass is 9.77. The van der Waals surface area contributed by atoms with E-state index < -0.39 is 0 Å². The van der Waals surface area contributed by atoms with Gasteiger partial charge in [-0.2, -0.15) is 0 Å². The van der Waals surface area contributed by atoms with E-state index in [0.29, 0.717) is 16.5 Å². The minimum Gasteiger partial charge on any atom is -0.294 e. The van der Waals surface area contributed by atoms with Gasteiger partial charge in [-0.3, -0.25) is 4.79 Å². The second kappa shape index (κ2) is 5.59. The molecule has 1 nitrogen and oxygen atoms in total. The molecule has 20 heavy (non-hydrogen) atoms. The zero-order valence-corrected chi connectivity index (χ0v) is 12.4. The molecule has 0 aliphatic heterocycles. The Morgan fingerprint density at radius 3 is 2.75 bits per heavy atom. The number of carbonyl (C=O) groups is 1. The van der Waals surface area contributed by atoms with Crippen LogP contribution in [-0.2, 0) is 0 Å². The van der Waals surface area contributed by atoms with Crippen molar-refractivity contribution >= 4 is 29.0 Å². The number of carbonyl (C=O) groups excluding carboxylic acids is 1. The van der Waals surface area contributed by atoms with Gasteiger partial charge < -0.3 is 0 Å². The molecular formula is C17H14Cl2O. The molecule has 2 aliphatic carbocycles. The number of rotatable bonds is 1. The van der Waals surface area contributed by atoms with Gasteiger partial charge in [0.15, 0.2) is 5.78 Å². The fourth-order valence-corrected chi connectivity index (χ4v) is 3.26.